The van der Waals surface area contributed by atoms with Gasteiger partial charge in [-0.2, -0.15) is 0 Å². The number of carboxylic acids is 1. The third-order valence-corrected chi connectivity index (χ3v) is 3.18. The van der Waals surface area contributed by atoms with Crippen molar-refractivity contribution in [2.75, 3.05) is 11.9 Å². The van der Waals surface area contributed by atoms with Gasteiger partial charge in [-0.1, -0.05) is 11.6 Å². The highest BCUT2D eigenvalue weighted by Gasteiger charge is 2.48. The first-order chi connectivity index (χ1) is 9.02. The zero-order valence-corrected chi connectivity index (χ0v) is 11.1. The molecule has 19 heavy (non-hydrogen) atoms. The highest BCUT2D eigenvalue weighted by molar-refractivity contribution is 6.30. The van der Waals surface area contributed by atoms with E-state index >= 15 is 0 Å². The number of hydrogen-bond donors (Lipinski definition) is 2. The SMILES string of the molecule is CCOc1cc(Cl)ccc1NC(=O)C1CC1C(=O)O. The van der Waals surface area contributed by atoms with Gasteiger partial charge in [-0.15, -0.1) is 0 Å². The Kier molecular flexibility index (Phi) is 3.95. The summed E-state index contributed by atoms with van der Waals surface area (Å²) in [5.41, 5.74) is 0.507. The zero-order valence-electron chi connectivity index (χ0n) is 10.4. The lowest BCUT2D eigenvalue weighted by Crippen LogP contribution is -2.17. The summed E-state index contributed by atoms with van der Waals surface area (Å²) in [5, 5.41) is 12.0. The molecular weight excluding hydrogens is 270 g/mol. The van der Waals surface area contributed by atoms with E-state index in [1.165, 1.54) is 0 Å². The van der Waals surface area contributed by atoms with Crippen molar-refractivity contribution in [1.82, 2.24) is 0 Å². The minimum absolute atomic E-state index is 0.296. The van der Waals surface area contributed by atoms with E-state index in [1.807, 2.05) is 6.92 Å². The summed E-state index contributed by atoms with van der Waals surface area (Å²) in [5.74, 6) is -1.77. The summed E-state index contributed by atoms with van der Waals surface area (Å²) >= 11 is 5.86. The van der Waals surface area contributed by atoms with Gasteiger partial charge in [0, 0.05) is 11.1 Å². The monoisotopic (exact) mass is 283 g/mol. The minimum Gasteiger partial charge on any atom is -0.492 e. The molecule has 1 aliphatic rings. The van der Waals surface area contributed by atoms with Gasteiger partial charge >= 0.3 is 5.97 Å². The van der Waals surface area contributed by atoms with Gasteiger partial charge in [-0.25, -0.2) is 0 Å². The molecule has 1 saturated carbocycles. The normalized spacial score (nSPS) is 20.7. The summed E-state index contributed by atoms with van der Waals surface area (Å²) in [7, 11) is 0. The van der Waals surface area contributed by atoms with E-state index in [1.54, 1.807) is 18.2 Å². The van der Waals surface area contributed by atoms with E-state index in [0.717, 1.165) is 0 Å². The number of ether oxygens (including phenoxy) is 1. The Bertz CT molecular complexity index is 517. The number of carbonyl (C=O) groups excluding carboxylic acids is 1. The molecule has 0 aromatic heterocycles. The average Bonchev–Trinajstić information content (AvgIpc) is 3.13. The first-order valence-electron chi connectivity index (χ1n) is 5.99. The lowest BCUT2D eigenvalue weighted by Gasteiger charge is -2.11. The van der Waals surface area contributed by atoms with Gasteiger partial charge in [-0.3, -0.25) is 9.59 Å². The van der Waals surface area contributed by atoms with Crippen molar-refractivity contribution in [2.24, 2.45) is 11.8 Å². The smallest absolute Gasteiger partial charge is 0.307 e. The second kappa shape index (κ2) is 5.48. The molecule has 0 radical (unpaired) electrons. The quantitative estimate of drug-likeness (QED) is 0.870. The second-order valence-electron chi connectivity index (χ2n) is 4.35. The predicted molar refractivity (Wildman–Crippen MR) is 70.5 cm³/mol. The zero-order chi connectivity index (χ0) is 14.0. The fraction of sp³-hybridized carbons (Fsp3) is 0.385. The molecule has 2 atom stereocenters. The predicted octanol–water partition coefficient (Wildman–Crippen LogP) is 2.40. The Hall–Kier alpha value is -1.75. The van der Waals surface area contributed by atoms with E-state index in [-0.39, 0.29) is 5.91 Å². The van der Waals surface area contributed by atoms with Gasteiger partial charge in [0.05, 0.1) is 24.1 Å². The fourth-order valence-corrected chi connectivity index (χ4v) is 2.02. The maximum absolute atomic E-state index is 11.9. The molecule has 2 rings (SSSR count). The molecule has 1 aliphatic carbocycles. The van der Waals surface area contributed by atoms with Crippen LogP contribution in [0.4, 0.5) is 5.69 Å². The molecule has 1 fully saturated rings. The van der Waals surface area contributed by atoms with Crippen LogP contribution in [0.15, 0.2) is 18.2 Å². The van der Waals surface area contributed by atoms with Gasteiger partial charge in [0.2, 0.25) is 5.91 Å². The summed E-state index contributed by atoms with van der Waals surface area (Å²) in [6.45, 7) is 2.28. The molecule has 2 unspecified atom stereocenters. The van der Waals surface area contributed by atoms with Crippen LogP contribution in [0, 0.1) is 11.8 Å². The molecule has 1 aromatic rings. The van der Waals surface area contributed by atoms with Crippen LogP contribution in [-0.4, -0.2) is 23.6 Å². The number of hydrogen-bond acceptors (Lipinski definition) is 3. The van der Waals surface area contributed by atoms with Crippen molar-refractivity contribution in [1.29, 1.82) is 0 Å². The summed E-state index contributed by atoms with van der Waals surface area (Å²) < 4.78 is 5.38. The molecule has 102 valence electrons. The molecule has 0 bridgehead atoms. The lowest BCUT2D eigenvalue weighted by molar-refractivity contribution is -0.139. The third-order valence-electron chi connectivity index (χ3n) is 2.95. The number of anilines is 1. The average molecular weight is 284 g/mol. The van der Waals surface area contributed by atoms with Gasteiger partial charge in [-0.05, 0) is 25.5 Å². The Morgan fingerprint density at radius 1 is 1.47 bits per heavy atom. The van der Waals surface area contributed by atoms with Gasteiger partial charge < -0.3 is 15.2 Å². The number of carboxylic acid groups (broad SMARTS) is 1. The standard InChI is InChI=1S/C13H14ClNO4/c1-2-19-11-5-7(14)3-4-10(11)15-12(16)8-6-9(8)13(17)18/h3-5,8-9H,2,6H2,1H3,(H,15,16)(H,17,18). The number of rotatable bonds is 5. The maximum Gasteiger partial charge on any atom is 0.307 e. The van der Waals surface area contributed by atoms with Crippen LogP contribution in [0.25, 0.3) is 0 Å². The molecule has 2 N–H and O–H groups in total. The van der Waals surface area contributed by atoms with Crippen molar-refractivity contribution in [2.45, 2.75) is 13.3 Å². The molecular formula is C13H14ClNO4. The third kappa shape index (κ3) is 3.17. The topological polar surface area (TPSA) is 75.6 Å². The van der Waals surface area contributed by atoms with Crippen LogP contribution in [0.1, 0.15) is 13.3 Å². The first-order valence-corrected chi connectivity index (χ1v) is 6.36. The lowest BCUT2D eigenvalue weighted by atomic mass is 10.2. The van der Waals surface area contributed by atoms with Crippen LogP contribution in [-0.2, 0) is 9.59 Å². The fourth-order valence-electron chi connectivity index (χ4n) is 1.86. The van der Waals surface area contributed by atoms with Gasteiger partial charge in [0.1, 0.15) is 5.75 Å². The minimum atomic E-state index is -0.929. The molecule has 0 spiro atoms. The number of nitrogens with one attached hydrogen (secondary N) is 1. The van der Waals surface area contributed by atoms with Crippen molar-refractivity contribution in [3.63, 3.8) is 0 Å². The van der Waals surface area contributed by atoms with Gasteiger partial charge in [0.25, 0.3) is 0 Å². The largest absolute Gasteiger partial charge is 0.492 e. The van der Waals surface area contributed by atoms with E-state index in [9.17, 15) is 9.59 Å². The van der Waals surface area contributed by atoms with Gasteiger partial charge in [0.15, 0.2) is 0 Å². The van der Waals surface area contributed by atoms with Crippen LogP contribution in [0.3, 0.4) is 0 Å². The Morgan fingerprint density at radius 3 is 2.79 bits per heavy atom. The highest BCUT2D eigenvalue weighted by Crippen LogP contribution is 2.40. The van der Waals surface area contributed by atoms with E-state index in [2.05, 4.69) is 5.32 Å². The van der Waals surface area contributed by atoms with Crippen LogP contribution in [0.5, 0.6) is 5.75 Å². The summed E-state index contributed by atoms with van der Waals surface area (Å²) in [6, 6.07) is 4.90. The molecule has 1 aromatic carbocycles. The van der Waals surface area contributed by atoms with E-state index in [4.69, 9.17) is 21.4 Å². The molecule has 0 saturated heterocycles. The molecule has 0 heterocycles. The molecule has 1 amide bonds. The second-order valence-corrected chi connectivity index (χ2v) is 4.79. The number of aliphatic carboxylic acids is 1. The van der Waals surface area contributed by atoms with Crippen LogP contribution in [0.2, 0.25) is 5.02 Å². The summed E-state index contributed by atoms with van der Waals surface area (Å²) in [4.78, 5) is 22.6. The van der Waals surface area contributed by atoms with Crippen molar-refractivity contribution in [3.05, 3.63) is 23.2 Å². The Labute approximate surface area is 115 Å². The highest BCUT2D eigenvalue weighted by atomic mass is 35.5. The summed E-state index contributed by atoms with van der Waals surface area (Å²) in [6.07, 6.45) is 0.388. The van der Waals surface area contributed by atoms with E-state index in [0.29, 0.717) is 29.5 Å². The van der Waals surface area contributed by atoms with Crippen molar-refractivity contribution < 1.29 is 19.4 Å². The van der Waals surface area contributed by atoms with Crippen molar-refractivity contribution >= 4 is 29.2 Å². The number of amides is 1. The van der Waals surface area contributed by atoms with Crippen molar-refractivity contribution in [3.8, 4) is 5.75 Å². The number of benzene rings is 1. The molecule has 5 nitrogen and oxygen atoms in total. The Balaban J connectivity index is 2.07. The maximum atomic E-state index is 11.9. The number of halogens is 1. The molecule has 0 aliphatic heterocycles. The van der Waals surface area contributed by atoms with Crippen LogP contribution >= 0.6 is 11.6 Å². The van der Waals surface area contributed by atoms with E-state index < -0.39 is 17.8 Å². The first kappa shape index (κ1) is 13.7. The van der Waals surface area contributed by atoms with Crippen LogP contribution < -0.4 is 10.1 Å². The number of carbonyl (C=O) groups is 2. The molecule has 6 heteroatoms. The Morgan fingerprint density at radius 2 is 2.21 bits per heavy atom.